The molecule has 3 aromatic carbocycles. The molecule has 0 aromatic heterocycles. The van der Waals surface area contributed by atoms with Crippen LogP contribution in [0.2, 0.25) is 0 Å². The Morgan fingerprint density at radius 3 is 2.39 bits per heavy atom. The van der Waals surface area contributed by atoms with Crippen LogP contribution in [-0.4, -0.2) is 5.71 Å². The molecule has 0 amide bonds. The highest BCUT2D eigenvalue weighted by molar-refractivity contribution is 6.04. The van der Waals surface area contributed by atoms with Gasteiger partial charge in [0.05, 0.1) is 5.71 Å². The molecular formula is C24H21F2NO. The number of aryl methyl sites for hydroxylation is 1. The van der Waals surface area contributed by atoms with Crippen molar-refractivity contribution in [2.45, 2.75) is 25.9 Å². The summed E-state index contributed by atoms with van der Waals surface area (Å²) in [5, 5.41) is 4.34. The monoisotopic (exact) mass is 377 g/mol. The van der Waals surface area contributed by atoms with Gasteiger partial charge in [0.1, 0.15) is 18.2 Å². The summed E-state index contributed by atoms with van der Waals surface area (Å²) >= 11 is 0. The van der Waals surface area contributed by atoms with Gasteiger partial charge in [-0.1, -0.05) is 65.3 Å². The lowest BCUT2D eigenvalue weighted by Crippen LogP contribution is -2.07. The molecule has 28 heavy (non-hydrogen) atoms. The molecule has 1 saturated carbocycles. The second-order valence-electron chi connectivity index (χ2n) is 7.21. The maximum absolute atomic E-state index is 13.8. The van der Waals surface area contributed by atoms with Gasteiger partial charge in [0, 0.05) is 11.5 Å². The van der Waals surface area contributed by atoms with Crippen LogP contribution in [0.3, 0.4) is 0 Å². The minimum Gasteiger partial charge on any atom is -0.391 e. The first-order valence-corrected chi connectivity index (χ1v) is 9.37. The van der Waals surface area contributed by atoms with Crippen molar-refractivity contribution in [3.8, 4) is 0 Å². The van der Waals surface area contributed by atoms with E-state index < -0.39 is 0 Å². The molecule has 0 spiro atoms. The number of halogens is 2. The van der Waals surface area contributed by atoms with Crippen molar-refractivity contribution in [1.82, 2.24) is 0 Å². The molecule has 1 aliphatic carbocycles. The fourth-order valence-electron chi connectivity index (χ4n) is 3.42. The third-order valence-electron chi connectivity index (χ3n) is 5.13. The van der Waals surface area contributed by atoms with E-state index in [0.717, 1.165) is 17.7 Å². The molecule has 2 nitrogen and oxygen atoms in total. The van der Waals surface area contributed by atoms with Crippen LogP contribution >= 0.6 is 0 Å². The summed E-state index contributed by atoms with van der Waals surface area (Å²) in [5.41, 5.74) is 4.55. The lowest BCUT2D eigenvalue weighted by Gasteiger charge is -2.08. The minimum atomic E-state index is -0.315. The number of hydrogen-bond donors (Lipinski definition) is 0. The molecule has 4 rings (SSSR count). The fraction of sp³-hybridized carbons (Fsp3) is 0.208. The predicted octanol–water partition coefficient (Wildman–Crippen LogP) is 6.00. The topological polar surface area (TPSA) is 21.6 Å². The summed E-state index contributed by atoms with van der Waals surface area (Å²) in [6.07, 6.45) is 0.961. The second-order valence-corrected chi connectivity index (χ2v) is 7.21. The third kappa shape index (κ3) is 4.11. The maximum Gasteiger partial charge on any atom is 0.145 e. The van der Waals surface area contributed by atoms with E-state index in [-0.39, 0.29) is 24.2 Å². The van der Waals surface area contributed by atoms with Crippen LogP contribution in [0.15, 0.2) is 78.0 Å². The Kier molecular flexibility index (Phi) is 5.20. The van der Waals surface area contributed by atoms with E-state index in [4.69, 9.17) is 4.84 Å². The first kappa shape index (κ1) is 18.4. The molecule has 1 fully saturated rings. The van der Waals surface area contributed by atoms with Crippen molar-refractivity contribution in [3.63, 3.8) is 0 Å². The van der Waals surface area contributed by atoms with Crippen molar-refractivity contribution in [3.05, 3.63) is 107 Å². The summed E-state index contributed by atoms with van der Waals surface area (Å²) < 4.78 is 27.1. The van der Waals surface area contributed by atoms with Gasteiger partial charge in [-0.3, -0.25) is 0 Å². The van der Waals surface area contributed by atoms with Crippen LogP contribution in [-0.2, 0) is 11.4 Å². The highest BCUT2D eigenvalue weighted by atomic mass is 19.1. The lowest BCUT2D eigenvalue weighted by atomic mass is 10.0. The highest BCUT2D eigenvalue weighted by Gasteiger charge is 2.43. The van der Waals surface area contributed by atoms with Crippen LogP contribution in [0.25, 0.3) is 0 Å². The van der Waals surface area contributed by atoms with Gasteiger partial charge in [-0.2, -0.15) is 0 Å². The summed E-state index contributed by atoms with van der Waals surface area (Å²) in [6, 6.07) is 21.2. The van der Waals surface area contributed by atoms with Crippen molar-refractivity contribution in [1.29, 1.82) is 0 Å². The van der Waals surface area contributed by atoms with Crippen LogP contribution in [0, 0.1) is 24.5 Å². The molecule has 2 atom stereocenters. The Bertz CT molecular complexity index is 980. The van der Waals surface area contributed by atoms with Gasteiger partial charge in [-0.05, 0) is 48.6 Å². The van der Waals surface area contributed by atoms with Gasteiger partial charge in [0.25, 0.3) is 0 Å². The smallest absolute Gasteiger partial charge is 0.145 e. The minimum absolute atomic E-state index is 0.0548. The molecule has 0 aliphatic heterocycles. The molecule has 4 heteroatoms. The SMILES string of the molecule is Cc1ccc([C@@H]2C[C@H]2/C(=N\OCc2ccccc2F)c2ccc(F)cc2)cc1. The van der Waals surface area contributed by atoms with E-state index in [1.807, 2.05) is 0 Å². The number of nitrogens with zero attached hydrogens (tertiary/aromatic N) is 1. The molecule has 0 saturated heterocycles. The molecule has 0 N–H and O–H groups in total. The molecule has 0 radical (unpaired) electrons. The van der Waals surface area contributed by atoms with E-state index >= 15 is 0 Å². The summed E-state index contributed by atoms with van der Waals surface area (Å²) in [4.78, 5) is 5.51. The highest BCUT2D eigenvalue weighted by Crippen LogP contribution is 2.49. The van der Waals surface area contributed by atoms with Gasteiger partial charge < -0.3 is 4.84 Å². The normalized spacial score (nSPS) is 18.8. The molecular weight excluding hydrogens is 356 g/mol. The zero-order valence-electron chi connectivity index (χ0n) is 15.6. The molecule has 3 aromatic rings. The third-order valence-corrected chi connectivity index (χ3v) is 5.13. The molecule has 0 unspecified atom stereocenters. The van der Waals surface area contributed by atoms with Crippen LogP contribution in [0.1, 0.15) is 34.6 Å². The number of hydrogen-bond acceptors (Lipinski definition) is 2. The van der Waals surface area contributed by atoms with Crippen LogP contribution in [0.5, 0.6) is 0 Å². The largest absolute Gasteiger partial charge is 0.391 e. The summed E-state index contributed by atoms with van der Waals surface area (Å²) in [6.45, 7) is 2.12. The average Bonchev–Trinajstić information content (AvgIpc) is 3.49. The average molecular weight is 377 g/mol. The van der Waals surface area contributed by atoms with Crippen molar-refractivity contribution in [2.24, 2.45) is 11.1 Å². The van der Waals surface area contributed by atoms with Gasteiger partial charge in [0.15, 0.2) is 0 Å². The van der Waals surface area contributed by atoms with Gasteiger partial charge in [0.2, 0.25) is 0 Å². The van der Waals surface area contributed by atoms with Crippen LogP contribution < -0.4 is 0 Å². The Morgan fingerprint density at radius 1 is 0.964 bits per heavy atom. The second kappa shape index (κ2) is 7.93. The van der Waals surface area contributed by atoms with E-state index in [1.54, 1.807) is 30.3 Å². The molecule has 142 valence electrons. The van der Waals surface area contributed by atoms with E-state index in [2.05, 4.69) is 36.3 Å². The Balaban J connectivity index is 1.55. The molecule has 0 heterocycles. The standard InChI is InChI=1S/C24H21F2NO/c1-16-6-8-17(9-7-16)21-14-22(21)24(18-10-12-20(25)13-11-18)27-28-15-19-4-2-3-5-23(19)26/h2-13,21-22H,14-15H2,1H3/b27-24-/t21-,22+/m0/s1. The zero-order chi connectivity index (χ0) is 19.5. The van der Waals surface area contributed by atoms with Crippen molar-refractivity contribution < 1.29 is 13.6 Å². The Hall–Kier alpha value is -3.01. The van der Waals surface area contributed by atoms with E-state index in [9.17, 15) is 8.78 Å². The van der Waals surface area contributed by atoms with Gasteiger partial charge in [-0.25, -0.2) is 8.78 Å². The Labute approximate surface area is 163 Å². The number of rotatable bonds is 6. The summed E-state index contributed by atoms with van der Waals surface area (Å²) in [7, 11) is 0. The van der Waals surface area contributed by atoms with Crippen LogP contribution in [0.4, 0.5) is 8.78 Å². The number of oxime groups is 1. The quantitative estimate of drug-likeness (QED) is 0.381. The van der Waals surface area contributed by atoms with Crippen molar-refractivity contribution in [2.75, 3.05) is 0 Å². The predicted molar refractivity (Wildman–Crippen MR) is 106 cm³/mol. The van der Waals surface area contributed by atoms with Crippen molar-refractivity contribution >= 4 is 5.71 Å². The lowest BCUT2D eigenvalue weighted by molar-refractivity contribution is 0.127. The molecule has 0 bridgehead atoms. The fourth-order valence-corrected chi connectivity index (χ4v) is 3.42. The summed E-state index contributed by atoms with van der Waals surface area (Å²) in [5.74, 6) is -0.0403. The van der Waals surface area contributed by atoms with Gasteiger partial charge >= 0.3 is 0 Å². The van der Waals surface area contributed by atoms with E-state index in [0.29, 0.717) is 11.5 Å². The maximum atomic E-state index is 13.8. The number of benzene rings is 3. The van der Waals surface area contributed by atoms with E-state index in [1.165, 1.54) is 29.3 Å². The molecule has 1 aliphatic rings. The first-order chi connectivity index (χ1) is 13.6. The van der Waals surface area contributed by atoms with Gasteiger partial charge in [-0.15, -0.1) is 0 Å². The first-order valence-electron chi connectivity index (χ1n) is 9.37. The Morgan fingerprint density at radius 2 is 1.68 bits per heavy atom. The zero-order valence-corrected chi connectivity index (χ0v) is 15.6.